The molecule has 7 heteroatoms. The highest BCUT2D eigenvalue weighted by Crippen LogP contribution is 2.26. The molecule has 0 radical (unpaired) electrons. The molecule has 4 rings (SSSR count). The number of ketones is 1. The van der Waals surface area contributed by atoms with Crippen LogP contribution in [0, 0.1) is 11.6 Å². The number of benzene rings is 2. The highest BCUT2D eigenvalue weighted by Gasteiger charge is 2.20. The van der Waals surface area contributed by atoms with Crippen molar-refractivity contribution >= 4 is 5.78 Å². The van der Waals surface area contributed by atoms with E-state index in [1.165, 1.54) is 12.3 Å². The fraction of sp³-hybridized carbons (Fsp3) is 0.304. The summed E-state index contributed by atoms with van der Waals surface area (Å²) < 4.78 is 32.8. The van der Waals surface area contributed by atoms with E-state index in [2.05, 4.69) is 15.1 Å². The van der Waals surface area contributed by atoms with Crippen LogP contribution in [0.5, 0.6) is 0 Å². The number of aromatic amines is 1. The number of nitrogens with zero attached hydrogens (tertiary/aromatic N) is 2. The smallest absolute Gasteiger partial charge is 0.196 e. The summed E-state index contributed by atoms with van der Waals surface area (Å²) in [5.41, 5.74) is 2.20. The van der Waals surface area contributed by atoms with Gasteiger partial charge in [-0.1, -0.05) is 18.2 Å². The number of carbonyl (C=O) groups excluding carboxylic acids is 1. The Morgan fingerprint density at radius 2 is 1.97 bits per heavy atom. The number of nitrogens with one attached hydrogen (secondary N) is 1. The van der Waals surface area contributed by atoms with Crippen LogP contribution in [-0.4, -0.2) is 53.7 Å². The van der Waals surface area contributed by atoms with Crippen LogP contribution in [-0.2, 0) is 11.2 Å². The predicted octanol–water partition coefficient (Wildman–Crippen LogP) is 3.85. The van der Waals surface area contributed by atoms with Crippen LogP contribution in [0.15, 0.2) is 48.7 Å². The van der Waals surface area contributed by atoms with Crippen molar-refractivity contribution in [3.8, 4) is 11.3 Å². The van der Waals surface area contributed by atoms with Gasteiger partial charge >= 0.3 is 0 Å². The molecule has 156 valence electrons. The maximum Gasteiger partial charge on any atom is 0.196 e. The number of morpholine rings is 1. The van der Waals surface area contributed by atoms with E-state index in [0.717, 1.165) is 63.4 Å². The van der Waals surface area contributed by atoms with E-state index in [1.54, 1.807) is 6.07 Å². The van der Waals surface area contributed by atoms with Crippen molar-refractivity contribution in [2.75, 3.05) is 32.8 Å². The van der Waals surface area contributed by atoms with Crippen LogP contribution in [0.25, 0.3) is 11.3 Å². The lowest BCUT2D eigenvalue weighted by Gasteiger charge is -2.26. The minimum Gasteiger partial charge on any atom is -0.379 e. The van der Waals surface area contributed by atoms with Crippen molar-refractivity contribution in [2.45, 2.75) is 12.8 Å². The fourth-order valence-electron chi connectivity index (χ4n) is 3.71. The van der Waals surface area contributed by atoms with Gasteiger partial charge in [0.25, 0.3) is 0 Å². The van der Waals surface area contributed by atoms with E-state index in [-0.39, 0.29) is 22.6 Å². The topological polar surface area (TPSA) is 58.2 Å². The molecule has 0 unspecified atom stereocenters. The van der Waals surface area contributed by atoms with Gasteiger partial charge in [0.05, 0.1) is 30.7 Å². The lowest BCUT2D eigenvalue weighted by Crippen LogP contribution is -2.36. The molecular weight excluding hydrogens is 388 g/mol. The lowest BCUT2D eigenvalue weighted by molar-refractivity contribution is 0.0374. The minimum atomic E-state index is -0.745. The molecule has 1 aromatic heterocycles. The van der Waals surface area contributed by atoms with Crippen molar-refractivity contribution in [1.82, 2.24) is 15.1 Å². The summed E-state index contributed by atoms with van der Waals surface area (Å²) >= 11 is 0. The van der Waals surface area contributed by atoms with Gasteiger partial charge < -0.3 is 4.74 Å². The Morgan fingerprint density at radius 1 is 1.13 bits per heavy atom. The van der Waals surface area contributed by atoms with E-state index >= 15 is 0 Å². The number of carbonyl (C=O) groups is 1. The van der Waals surface area contributed by atoms with Crippen LogP contribution < -0.4 is 0 Å². The second kappa shape index (κ2) is 9.28. The second-order valence-electron chi connectivity index (χ2n) is 7.37. The minimum absolute atomic E-state index is 0.110. The summed E-state index contributed by atoms with van der Waals surface area (Å²) in [5.74, 6) is -1.67. The first kappa shape index (κ1) is 20.4. The first-order valence-corrected chi connectivity index (χ1v) is 10.0. The first-order valence-electron chi connectivity index (χ1n) is 10.0. The molecule has 0 saturated carbocycles. The number of ether oxygens (including phenoxy) is 1. The van der Waals surface area contributed by atoms with Gasteiger partial charge in [0, 0.05) is 30.3 Å². The Balaban J connectivity index is 1.48. The summed E-state index contributed by atoms with van der Waals surface area (Å²) in [5, 5.41) is 6.58. The third kappa shape index (κ3) is 4.63. The van der Waals surface area contributed by atoms with Crippen molar-refractivity contribution in [2.24, 2.45) is 0 Å². The molecule has 1 N–H and O–H groups in total. The number of aryl methyl sites for hydroxylation is 1. The van der Waals surface area contributed by atoms with Crippen LogP contribution >= 0.6 is 0 Å². The Hall–Kier alpha value is -2.90. The first-order chi connectivity index (χ1) is 14.6. The van der Waals surface area contributed by atoms with E-state index in [4.69, 9.17) is 4.74 Å². The maximum absolute atomic E-state index is 14.2. The standard InChI is InChI=1S/C23H23F2N3O2/c24-18-6-7-19(21(25)14-18)22-20(15-26-27-22)23(29)17-5-1-3-16(13-17)4-2-8-28-9-11-30-12-10-28/h1,3,5-7,13-15H,2,4,8-12H2,(H,26,27). The molecule has 1 fully saturated rings. The van der Waals surface area contributed by atoms with Crippen LogP contribution in [0.2, 0.25) is 0 Å². The molecule has 3 aromatic rings. The van der Waals surface area contributed by atoms with Crippen molar-refractivity contribution in [3.63, 3.8) is 0 Å². The monoisotopic (exact) mass is 411 g/mol. The third-order valence-electron chi connectivity index (χ3n) is 5.32. The maximum atomic E-state index is 14.2. The summed E-state index contributed by atoms with van der Waals surface area (Å²) in [7, 11) is 0. The SMILES string of the molecule is O=C(c1cccc(CCCN2CCOCC2)c1)c1cn[nH]c1-c1ccc(F)cc1F. The average molecular weight is 411 g/mol. The van der Waals surface area contributed by atoms with Crippen molar-refractivity contribution in [3.05, 3.63) is 77.0 Å². The third-order valence-corrected chi connectivity index (χ3v) is 5.32. The molecule has 0 aliphatic carbocycles. The largest absolute Gasteiger partial charge is 0.379 e. The molecule has 2 aromatic carbocycles. The van der Waals surface area contributed by atoms with Gasteiger partial charge in [0.1, 0.15) is 11.6 Å². The molecule has 1 aliphatic rings. The highest BCUT2D eigenvalue weighted by atomic mass is 19.1. The van der Waals surface area contributed by atoms with Gasteiger partial charge in [-0.3, -0.25) is 14.8 Å². The van der Waals surface area contributed by atoms with Gasteiger partial charge in [-0.05, 0) is 43.1 Å². The molecule has 0 bridgehead atoms. The van der Waals surface area contributed by atoms with Crippen molar-refractivity contribution in [1.29, 1.82) is 0 Å². The summed E-state index contributed by atoms with van der Waals surface area (Å²) in [6.07, 6.45) is 3.24. The van der Waals surface area contributed by atoms with Gasteiger partial charge in [0.2, 0.25) is 0 Å². The Kier molecular flexibility index (Phi) is 6.30. The summed E-state index contributed by atoms with van der Waals surface area (Å²) in [6.45, 7) is 4.48. The van der Waals surface area contributed by atoms with E-state index in [9.17, 15) is 13.6 Å². The van der Waals surface area contributed by atoms with E-state index < -0.39 is 11.6 Å². The van der Waals surface area contributed by atoms with Crippen LogP contribution in [0.3, 0.4) is 0 Å². The van der Waals surface area contributed by atoms with E-state index in [0.29, 0.717) is 5.56 Å². The zero-order chi connectivity index (χ0) is 20.9. The zero-order valence-corrected chi connectivity index (χ0v) is 16.5. The molecule has 30 heavy (non-hydrogen) atoms. The van der Waals surface area contributed by atoms with Gasteiger partial charge in [-0.2, -0.15) is 5.10 Å². The molecule has 2 heterocycles. The Morgan fingerprint density at radius 3 is 2.77 bits per heavy atom. The zero-order valence-electron chi connectivity index (χ0n) is 16.5. The molecule has 0 amide bonds. The molecule has 5 nitrogen and oxygen atoms in total. The van der Waals surface area contributed by atoms with Gasteiger partial charge in [0.15, 0.2) is 5.78 Å². The van der Waals surface area contributed by atoms with Crippen LogP contribution in [0.1, 0.15) is 27.9 Å². The molecular formula is C23H23F2N3O2. The average Bonchev–Trinajstić information content (AvgIpc) is 3.24. The number of hydrogen-bond acceptors (Lipinski definition) is 4. The van der Waals surface area contributed by atoms with E-state index in [1.807, 2.05) is 18.2 Å². The molecule has 1 aliphatic heterocycles. The quantitative estimate of drug-likeness (QED) is 0.600. The number of aromatic nitrogens is 2. The summed E-state index contributed by atoms with van der Waals surface area (Å²) in [4.78, 5) is 15.5. The second-order valence-corrected chi connectivity index (χ2v) is 7.37. The number of halogens is 2. The molecule has 0 spiro atoms. The normalized spacial score (nSPS) is 14.7. The van der Waals surface area contributed by atoms with Gasteiger partial charge in [-0.25, -0.2) is 8.78 Å². The Bertz CT molecular complexity index is 1030. The van der Waals surface area contributed by atoms with Gasteiger partial charge in [-0.15, -0.1) is 0 Å². The number of rotatable bonds is 7. The summed E-state index contributed by atoms with van der Waals surface area (Å²) in [6, 6.07) is 10.7. The highest BCUT2D eigenvalue weighted by molar-refractivity contribution is 6.12. The van der Waals surface area contributed by atoms with Crippen LogP contribution in [0.4, 0.5) is 8.78 Å². The Labute approximate surface area is 173 Å². The molecule has 0 atom stereocenters. The van der Waals surface area contributed by atoms with Crippen molar-refractivity contribution < 1.29 is 18.3 Å². The number of H-pyrrole nitrogens is 1. The predicted molar refractivity (Wildman–Crippen MR) is 109 cm³/mol. The fourth-order valence-corrected chi connectivity index (χ4v) is 3.71. The number of hydrogen-bond donors (Lipinski definition) is 1. The lowest BCUT2D eigenvalue weighted by atomic mass is 9.97. The molecule has 1 saturated heterocycles.